The molecule has 1 rings (SSSR count). The number of benzene rings is 1. The number of terminal acetylenes is 1. The van der Waals surface area contributed by atoms with Crippen LogP contribution in [0.4, 0.5) is 5.69 Å². The summed E-state index contributed by atoms with van der Waals surface area (Å²) in [6, 6.07) is 8.49. The minimum atomic E-state index is 0.136. The van der Waals surface area contributed by atoms with Gasteiger partial charge >= 0.3 is 0 Å². The molecule has 0 heterocycles. The average molecular weight is 216 g/mol. The van der Waals surface area contributed by atoms with Gasteiger partial charge in [0.25, 0.3) is 0 Å². The first-order valence-electron chi connectivity index (χ1n) is 5.76. The van der Waals surface area contributed by atoms with Crippen LogP contribution >= 0.6 is 0 Å². The van der Waals surface area contributed by atoms with Gasteiger partial charge in [-0.2, -0.15) is 0 Å². The van der Waals surface area contributed by atoms with E-state index in [4.69, 9.17) is 12.2 Å². The van der Waals surface area contributed by atoms with E-state index < -0.39 is 0 Å². The Labute approximate surface area is 98.4 Å². The van der Waals surface area contributed by atoms with Crippen molar-refractivity contribution in [3.05, 3.63) is 29.8 Å². The Morgan fingerprint density at radius 3 is 2.38 bits per heavy atom. The van der Waals surface area contributed by atoms with E-state index in [1.165, 1.54) is 5.56 Å². The lowest BCUT2D eigenvalue weighted by atomic mass is 10.1. The van der Waals surface area contributed by atoms with Gasteiger partial charge in [-0.15, -0.1) is 6.42 Å². The fraction of sp³-hybridized carbons (Fsp3) is 0.429. The third-order valence-electron chi connectivity index (χ3n) is 2.79. The Bertz CT molecular complexity index is 348. The Hall–Kier alpha value is -1.46. The van der Waals surface area contributed by atoms with Gasteiger partial charge in [0.2, 0.25) is 0 Å². The standard InChI is InChI=1S/C14H20N2/c1-4-11-16(6-3)13-9-7-12(8-10-13)14(15)5-2/h1,7-10,14H,5-6,11,15H2,2-3H3/t14-/m0/s1. The maximum absolute atomic E-state index is 5.97. The first kappa shape index (κ1) is 12.6. The highest BCUT2D eigenvalue weighted by Crippen LogP contribution is 2.19. The van der Waals surface area contributed by atoms with Crippen LogP contribution in [0.15, 0.2) is 24.3 Å². The van der Waals surface area contributed by atoms with Crippen LogP contribution in [0.2, 0.25) is 0 Å². The molecule has 2 nitrogen and oxygen atoms in total. The van der Waals surface area contributed by atoms with E-state index in [-0.39, 0.29) is 6.04 Å². The predicted molar refractivity (Wildman–Crippen MR) is 70.4 cm³/mol. The zero-order chi connectivity index (χ0) is 12.0. The molecule has 86 valence electrons. The molecule has 0 spiro atoms. The first-order chi connectivity index (χ1) is 7.72. The lowest BCUT2D eigenvalue weighted by molar-refractivity contribution is 0.698. The first-order valence-corrected chi connectivity index (χ1v) is 5.76. The highest BCUT2D eigenvalue weighted by Gasteiger charge is 2.05. The largest absolute Gasteiger partial charge is 0.361 e. The summed E-state index contributed by atoms with van der Waals surface area (Å²) >= 11 is 0. The number of nitrogens with zero attached hydrogens (tertiary/aromatic N) is 1. The second-order valence-electron chi connectivity index (χ2n) is 3.82. The highest BCUT2D eigenvalue weighted by atomic mass is 15.1. The summed E-state index contributed by atoms with van der Waals surface area (Å²) in [4.78, 5) is 2.15. The van der Waals surface area contributed by atoms with Crippen molar-refractivity contribution in [1.82, 2.24) is 0 Å². The molecule has 1 aromatic rings. The zero-order valence-electron chi connectivity index (χ0n) is 10.1. The van der Waals surface area contributed by atoms with Crippen molar-refractivity contribution in [3.8, 4) is 12.3 Å². The molecule has 0 aliphatic carbocycles. The fourth-order valence-corrected chi connectivity index (χ4v) is 1.66. The number of anilines is 1. The lowest BCUT2D eigenvalue weighted by Gasteiger charge is -2.21. The minimum Gasteiger partial charge on any atom is -0.361 e. The van der Waals surface area contributed by atoms with Crippen LogP contribution in [0.25, 0.3) is 0 Å². The Balaban J connectivity index is 2.81. The molecule has 16 heavy (non-hydrogen) atoms. The summed E-state index contributed by atoms with van der Waals surface area (Å²) in [6.07, 6.45) is 6.29. The Morgan fingerprint density at radius 2 is 1.94 bits per heavy atom. The van der Waals surface area contributed by atoms with E-state index in [0.29, 0.717) is 6.54 Å². The molecule has 0 aliphatic rings. The van der Waals surface area contributed by atoms with Gasteiger partial charge in [0.15, 0.2) is 0 Å². The predicted octanol–water partition coefficient (Wildman–Crippen LogP) is 2.56. The normalized spacial score (nSPS) is 11.9. The van der Waals surface area contributed by atoms with Crippen molar-refractivity contribution < 1.29 is 0 Å². The summed E-state index contributed by atoms with van der Waals surface area (Å²) in [5.41, 5.74) is 8.31. The molecular weight excluding hydrogens is 196 g/mol. The van der Waals surface area contributed by atoms with Crippen molar-refractivity contribution in [1.29, 1.82) is 0 Å². The molecule has 0 bridgehead atoms. The van der Waals surface area contributed by atoms with Gasteiger partial charge in [0.1, 0.15) is 0 Å². The topological polar surface area (TPSA) is 29.3 Å². The van der Waals surface area contributed by atoms with Gasteiger partial charge in [-0.3, -0.25) is 0 Å². The molecule has 0 fully saturated rings. The van der Waals surface area contributed by atoms with E-state index in [1.807, 2.05) is 0 Å². The third-order valence-corrected chi connectivity index (χ3v) is 2.79. The second-order valence-corrected chi connectivity index (χ2v) is 3.82. The third kappa shape index (κ3) is 3.01. The lowest BCUT2D eigenvalue weighted by Crippen LogP contribution is -2.22. The van der Waals surface area contributed by atoms with Gasteiger partial charge in [-0.25, -0.2) is 0 Å². The van der Waals surface area contributed by atoms with Crippen LogP contribution < -0.4 is 10.6 Å². The monoisotopic (exact) mass is 216 g/mol. The van der Waals surface area contributed by atoms with E-state index in [9.17, 15) is 0 Å². The number of rotatable bonds is 5. The van der Waals surface area contributed by atoms with Crippen LogP contribution in [0.5, 0.6) is 0 Å². The molecule has 0 unspecified atom stereocenters. The summed E-state index contributed by atoms with van der Waals surface area (Å²) in [5.74, 6) is 2.67. The molecule has 0 saturated heterocycles. The Kier molecular flexibility index (Phi) is 4.88. The summed E-state index contributed by atoms with van der Waals surface area (Å²) < 4.78 is 0. The van der Waals surface area contributed by atoms with Gasteiger partial charge < -0.3 is 10.6 Å². The smallest absolute Gasteiger partial charge is 0.0791 e. The van der Waals surface area contributed by atoms with Crippen molar-refractivity contribution in [2.24, 2.45) is 5.73 Å². The van der Waals surface area contributed by atoms with Gasteiger partial charge in [-0.1, -0.05) is 25.0 Å². The molecule has 0 radical (unpaired) electrons. The van der Waals surface area contributed by atoms with E-state index in [1.54, 1.807) is 0 Å². The van der Waals surface area contributed by atoms with Crippen molar-refractivity contribution in [2.45, 2.75) is 26.3 Å². The van der Waals surface area contributed by atoms with Crippen LogP contribution in [-0.2, 0) is 0 Å². The number of nitrogens with two attached hydrogens (primary N) is 1. The van der Waals surface area contributed by atoms with Crippen molar-refractivity contribution >= 4 is 5.69 Å². The Morgan fingerprint density at radius 1 is 1.31 bits per heavy atom. The van der Waals surface area contributed by atoms with Crippen LogP contribution in [0.3, 0.4) is 0 Å². The summed E-state index contributed by atoms with van der Waals surface area (Å²) in [6.45, 7) is 5.76. The SMILES string of the molecule is C#CCN(CC)c1ccc([C@@H](N)CC)cc1. The number of hydrogen-bond donors (Lipinski definition) is 1. The summed E-state index contributed by atoms with van der Waals surface area (Å²) in [7, 11) is 0. The van der Waals surface area contributed by atoms with Crippen molar-refractivity contribution in [3.63, 3.8) is 0 Å². The zero-order valence-corrected chi connectivity index (χ0v) is 10.1. The molecule has 2 N–H and O–H groups in total. The van der Waals surface area contributed by atoms with Gasteiger partial charge in [-0.05, 0) is 31.0 Å². The molecule has 1 aromatic carbocycles. The molecule has 0 aromatic heterocycles. The van der Waals surface area contributed by atoms with Crippen molar-refractivity contribution in [2.75, 3.05) is 18.0 Å². The van der Waals surface area contributed by atoms with E-state index >= 15 is 0 Å². The molecule has 2 heteroatoms. The van der Waals surface area contributed by atoms with E-state index in [0.717, 1.165) is 18.7 Å². The van der Waals surface area contributed by atoms with E-state index in [2.05, 4.69) is 48.9 Å². The van der Waals surface area contributed by atoms with Gasteiger partial charge in [0, 0.05) is 18.3 Å². The van der Waals surface area contributed by atoms with Crippen LogP contribution in [0, 0.1) is 12.3 Å². The number of hydrogen-bond acceptors (Lipinski definition) is 2. The minimum absolute atomic E-state index is 0.136. The maximum atomic E-state index is 5.97. The molecule has 0 aliphatic heterocycles. The highest BCUT2D eigenvalue weighted by molar-refractivity contribution is 5.48. The molecular formula is C14H20N2. The molecule has 1 atom stereocenters. The summed E-state index contributed by atoms with van der Waals surface area (Å²) in [5, 5.41) is 0. The van der Waals surface area contributed by atoms with Crippen LogP contribution in [0.1, 0.15) is 31.9 Å². The van der Waals surface area contributed by atoms with Crippen LogP contribution in [-0.4, -0.2) is 13.1 Å². The van der Waals surface area contributed by atoms with Gasteiger partial charge in [0.05, 0.1) is 6.54 Å². The molecule has 0 amide bonds. The second kappa shape index (κ2) is 6.19. The quantitative estimate of drug-likeness (QED) is 0.766. The average Bonchev–Trinajstić information content (AvgIpc) is 2.35. The maximum Gasteiger partial charge on any atom is 0.0791 e. The molecule has 0 saturated carbocycles. The fourth-order valence-electron chi connectivity index (χ4n) is 1.66.